The quantitative estimate of drug-likeness (QED) is 0.308. The zero-order valence-corrected chi connectivity index (χ0v) is 17.8. The normalized spacial score (nSPS) is 11.0. The van der Waals surface area contributed by atoms with Crippen LogP contribution in [-0.4, -0.2) is 26.2 Å². The molecule has 0 aliphatic rings. The number of Topliss-reactive ketones (excluding diaryl/α,β-unsaturated/α-hetero) is 1. The molecule has 10 heteroatoms. The van der Waals surface area contributed by atoms with Crippen molar-refractivity contribution in [1.29, 1.82) is 0 Å². The molecule has 0 fully saturated rings. The summed E-state index contributed by atoms with van der Waals surface area (Å²) in [6.07, 6.45) is 5.56. The molecule has 0 saturated heterocycles. The van der Waals surface area contributed by atoms with Gasteiger partial charge in [0.1, 0.15) is 11.5 Å². The molecular weight excluding hydrogens is 466 g/mol. The minimum absolute atomic E-state index is 0.0237. The number of halogens is 4. The summed E-state index contributed by atoms with van der Waals surface area (Å²) in [5, 5.41) is 3.27. The molecule has 6 nitrogen and oxygen atoms in total. The van der Waals surface area contributed by atoms with Gasteiger partial charge < -0.3 is 9.88 Å². The molecule has 0 atom stereocenters. The highest BCUT2D eigenvalue weighted by Gasteiger charge is 2.24. The number of aromatic nitrogens is 3. The van der Waals surface area contributed by atoms with Gasteiger partial charge in [0.25, 0.3) is 11.7 Å². The largest absolute Gasteiger partial charge is 0.327 e. The number of carbonyl (C=O) groups is 2. The predicted octanol–water partition coefficient (Wildman–Crippen LogP) is 5.40. The van der Waals surface area contributed by atoms with E-state index in [4.69, 9.17) is 34.8 Å². The average Bonchev–Trinajstić information content (AvgIpc) is 3.11. The zero-order valence-electron chi connectivity index (χ0n) is 15.6. The standard InChI is InChI=1S/C21H12Cl3FN4O2/c22-14-4-1-5-17(25)13(14)10-29-9-12(11-3-2-6-27-20(11)29)19(30)21(31)28-18-15(23)7-26-8-16(18)24/h1-9H,10H2,(H,26,28,31). The van der Waals surface area contributed by atoms with E-state index in [0.29, 0.717) is 11.0 Å². The Hall–Kier alpha value is -3.00. The van der Waals surface area contributed by atoms with Gasteiger partial charge in [0, 0.05) is 40.8 Å². The lowest BCUT2D eigenvalue weighted by Gasteiger charge is -2.08. The van der Waals surface area contributed by atoms with Gasteiger partial charge in [0.15, 0.2) is 0 Å². The lowest BCUT2D eigenvalue weighted by atomic mass is 10.1. The van der Waals surface area contributed by atoms with Gasteiger partial charge in [-0.05, 0) is 24.3 Å². The Morgan fingerprint density at radius 2 is 1.77 bits per heavy atom. The lowest BCUT2D eigenvalue weighted by Crippen LogP contribution is -2.23. The summed E-state index contributed by atoms with van der Waals surface area (Å²) in [6, 6.07) is 7.65. The average molecular weight is 478 g/mol. The van der Waals surface area contributed by atoms with Crippen molar-refractivity contribution in [3.05, 3.63) is 87.1 Å². The highest BCUT2D eigenvalue weighted by molar-refractivity contribution is 6.50. The van der Waals surface area contributed by atoms with E-state index in [1.807, 2.05) is 0 Å². The van der Waals surface area contributed by atoms with Gasteiger partial charge in [0.2, 0.25) is 0 Å². The van der Waals surface area contributed by atoms with Crippen molar-refractivity contribution in [2.45, 2.75) is 6.54 Å². The topological polar surface area (TPSA) is 76.9 Å². The van der Waals surface area contributed by atoms with Crippen LogP contribution in [0.4, 0.5) is 10.1 Å². The van der Waals surface area contributed by atoms with Crippen LogP contribution in [0.15, 0.2) is 55.1 Å². The van der Waals surface area contributed by atoms with Gasteiger partial charge in [-0.3, -0.25) is 14.6 Å². The molecule has 0 radical (unpaired) electrons. The van der Waals surface area contributed by atoms with Gasteiger partial charge in [-0.15, -0.1) is 0 Å². The molecule has 3 heterocycles. The van der Waals surface area contributed by atoms with Crippen LogP contribution in [0.3, 0.4) is 0 Å². The van der Waals surface area contributed by atoms with Crippen LogP contribution in [0, 0.1) is 5.82 Å². The molecule has 1 N–H and O–H groups in total. The molecule has 3 aromatic heterocycles. The molecule has 0 spiro atoms. The molecule has 0 saturated carbocycles. The first-order chi connectivity index (χ1) is 14.9. The zero-order chi connectivity index (χ0) is 22.1. The minimum Gasteiger partial charge on any atom is -0.327 e. The molecule has 4 rings (SSSR count). The summed E-state index contributed by atoms with van der Waals surface area (Å²) in [7, 11) is 0. The van der Waals surface area contributed by atoms with Gasteiger partial charge in [0.05, 0.1) is 27.8 Å². The summed E-state index contributed by atoms with van der Waals surface area (Å²) < 4.78 is 15.8. The maximum Gasteiger partial charge on any atom is 0.296 e. The van der Waals surface area contributed by atoms with E-state index in [2.05, 4.69) is 15.3 Å². The van der Waals surface area contributed by atoms with Gasteiger partial charge in [-0.25, -0.2) is 9.37 Å². The minimum atomic E-state index is -0.943. The van der Waals surface area contributed by atoms with Crippen LogP contribution in [0.1, 0.15) is 15.9 Å². The number of amides is 1. The number of nitrogens with one attached hydrogen (secondary N) is 1. The van der Waals surface area contributed by atoms with Crippen LogP contribution in [-0.2, 0) is 11.3 Å². The third kappa shape index (κ3) is 4.12. The Labute approximate surface area is 190 Å². The summed E-state index contributed by atoms with van der Waals surface area (Å²) in [4.78, 5) is 33.6. The fourth-order valence-corrected chi connectivity index (χ4v) is 3.78. The second-order valence-electron chi connectivity index (χ2n) is 6.51. The third-order valence-corrected chi connectivity index (χ3v) is 5.49. The second-order valence-corrected chi connectivity index (χ2v) is 7.73. The molecule has 31 heavy (non-hydrogen) atoms. The van der Waals surface area contributed by atoms with Crippen molar-refractivity contribution < 1.29 is 14.0 Å². The Bertz CT molecular complexity index is 1300. The van der Waals surface area contributed by atoms with Crippen molar-refractivity contribution in [2.75, 3.05) is 5.32 Å². The first-order valence-electron chi connectivity index (χ1n) is 8.88. The predicted molar refractivity (Wildman–Crippen MR) is 117 cm³/mol. The Kier molecular flexibility index (Phi) is 5.91. The van der Waals surface area contributed by atoms with E-state index in [1.54, 1.807) is 22.8 Å². The Balaban J connectivity index is 1.71. The fourth-order valence-electron chi connectivity index (χ4n) is 3.10. The van der Waals surface area contributed by atoms with E-state index in [9.17, 15) is 14.0 Å². The number of hydrogen-bond donors (Lipinski definition) is 1. The maximum absolute atomic E-state index is 14.3. The molecule has 0 unspecified atom stereocenters. The Morgan fingerprint density at radius 3 is 2.48 bits per heavy atom. The number of pyridine rings is 2. The molecule has 1 aromatic carbocycles. The van der Waals surface area contributed by atoms with E-state index in [0.717, 1.165) is 0 Å². The van der Waals surface area contributed by atoms with E-state index in [-0.39, 0.29) is 38.4 Å². The van der Waals surface area contributed by atoms with Crippen LogP contribution in [0.25, 0.3) is 11.0 Å². The van der Waals surface area contributed by atoms with Crippen molar-refractivity contribution >= 4 is 63.2 Å². The van der Waals surface area contributed by atoms with Gasteiger partial charge in [-0.2, -0.15) is 0 Å². The summed E-state index contributed by atoms with van der Waals surface area (Å²) in [6.45, 7) is 0.0237. The number of rotatable bonds is 5. The van der Waals surface area contributed by atoms with Crippen LogP contribution in [0.2, 0.25) is 15.1 Å². The number of anilines is 1. The summed E-state index contributed by atoms with van der Waals surface area (Å²) >= 11 is 18.2. The molecule has 156 valence electrons. The maximum atomic E-state index is 14.3. The number of hydrogen-bond acceptors (Lipinski definition) is 4. The Morgan fingerprint density at radius 1 is 1.03 bits per heavy atom. The van der Waals surface area contributed by atoms with Crippen LogP contribution < -0.4 is 5.32 Å². The van der Waals surface area contributed by atoms with Crippen molar-refractivity contribution in [1.82, 2.24) is 14.5 Å². The monoisotopic (exact) mass is 476 g/mol. The summed E-state index contributed by atoms with van der Waals surface area (Å²) in [5.74, 6) is -2.26. The molecule has 0 bridgehead atoms. The molecular formula is C21H12Cl3FN4O2. The van der Waals surface area contributed by atoms with Crippen molar-refractivity contribution in [3.8, 4) is 0 Å². The SMILES string of the molecule is O=C(Nc1c(Cl)cncc1Cl)C(=O)c1cn(Cc2c(F)cccc2Cl)c2ncccc12. The molecule has 1 amide bonds. The highest BCUT2D eigenvalue weighted by Crippen LogP contribution is 2.29. The van der Waals surface area contributed by atoms with E-state index < -0.39 is 17.5 Å². The molecule has 0 aliphatic heterocycles. The first kappa shape index (κ1) is 21.2. The highest BCUT2D eigenvalue weighted by atomic mass is 35.5. The molecule has 4 aromatic rings. The summed E-state index contributed by atoms with van der Waals surface area (Å²) in [5.41, 5.74) is 0.814. The van der Waals surface area contributed by atoms with Gasteiger partial charge in [-0.1, -0.05) is 40.9 Å². The number of fused-ring (bicyclic) bond motifs is 1. The smallest absolute Gasteiger partial charge is 0.296 e. The van der Waals surface area contributed by atoms with Crippen LogP contribution >= 0.6 is 34.8 Å². The van der Waals surface area contributed by atoms with Crippen molar-refractivity contribution in [3.63, 3.8) is 0 Å². The number of ketones is 1. The van der Waals surface area contributed by atoms with Crippen LogP contribution in [0.5, 0.6) is 0 Å². The number of benzene rings is 1. The first-order valence-corrected chi connectivity index (χ1v) is 10.0. The molecule has 0 aliphatic carbocycles. The number of nitrogens with zero attached hydrogens (tertiary/aromatic N) is 3. The third-order valence-electron chi connectivity index (χ3n) is 4.57. The number of carbonyl (C=O) groups excluding carboxylic acids is 2. The lowest BCUT2D eigenvalue weighted by molar-refractivity contribution is -0.112. The fraction of sp³-hybridized carbons (Fsp3) is 0.0476. The second kappa shape index (κ2) is 8.63. The van der Waals surface area contributed by atoms with E-state index in [1.165, 1.54) is 36.9 Å². The van der Waals surface area contributed by atoms with E-state index >= 15 is 0 Å². The van der Waals surface area contributed by atoms with Gasteiger partial charge >= 0.3 is 0 Å². The van der Waals surface area contributed by atoms with Crippen molar-refractivity contribution in [2.24, 2.45) is 0 Å².